The van der Waals surface area contributed by atoms with Crippen LogP contribution in [0.3, 0.4) is 0 Å². The summed E-state index contributed by atoms with van der Waals surface area (Å²) in [5, 5.41) is 12.0. The highest BCUT2D eigenvalue weighted by atomic mass is 19.1. The van der Waals surface area contributed by atoms with Gasteiger partial charge in [0, 0.05) is 5.69 Å². The van der Waals surface area contributed by atoms with Gasteiger partial charge in [0.2, 0.25) is 17.5 Å². The summed E-state index contributed by atoms with van der Waals surface area (Å²) in [5.41, 5.74) is 0.178. The topological polar surface area (TPSA) is 61.9 Å². The molecule has 0 amide bonds. The molecule has 0 aliphatic rings. The number of nitriles is 1. The van der Waals surface area contributed by atoms with E-state index in [4.69, 9.17) is 9.68 Å². The minimum absolute atomic E-state index is 0.0337. The van der Waals surface area contributed by atoms with Crippen molar-refractivity contribution in [2.45, 2.75) is 0 Å². The van der Waals surface area contributed by atoms with Crippen molar-refractivity contribution in [3.8, 4) is 17.5 Å². The van der Waals surface area contributed by atoms with Crippen molar-refractivity contribution in [2.24, 2.45) is 0 Å². The molecule has 1 N–H and O–H groups in total. The van der Waals surface area contributed by atoms with Gasteiger partial charge in [0.05, 0.1) is 0 Å². The van der Waals surface area contributed by atoms with Crippen LogP contribution in [-0.4, -0.2) is 4.98 Å². The molecule has 0 spiro atoms. The van der Waals surface area contributed by atoms with Crippen molar-refractivity contribution in [1.29, 1.82) is 5.26 Å². The summed E-state index contributed by atoms with van der Waals surface area (Å²) in [7, 11) is 0. The molecule has 0 saturated carbocycles. The third kappa shape index (κ3) is 2.52. The van der Waals surface area contributed by atoms with Crippen molar-refractivity contribution in [3.05, 3.63) is 65.9 Å². The molecular weight excluding hydrogens is 288 g/mol. The molecule has 1 aromatic heterocycles. The van der Waals surface area contributed by atoms with E-state index in [9.17, 15) is 8.78 Å². The number of aromatic nitrogens is 1. The number of benzene rings is 2. The summed E-state index contributed by atoms with van der Waals surface area (Å²) >= 11 is 0. The van der Waals surface area contributed by atoms with E-state index >= 15 is 0 Å². The second-order valence-electron chi connectivity index (χ2n) is 4.40. The van der Waals surface area contributed by atoms with Gasteiger partial charge >= 0.3 is 0 Å². The van der Waals surface area contributed by atoms with Crippen molar-refractivity contribution in [1.82, 2.24) is 4.98 Å². The normalized spacial score (nSPS) is 10.2. The van der Waals surface area contributed by atoms with Gasteiger partial charge < -0.3 is 9.73 Å². The molecule has 4 nitrogen and oxygen atoms in total. The van der Waals surface area contributed by atoms with Crippen molar-refractivity contribution in [2.75, 3.05) is 5.32 Å². The van der Waals surface area contributed by atoms with Crippen LogP contribution in [0.4, 0.5) is 20.4 Å². The average Bonchev–Trinajstić information content (AvgIpc) is 2.91. The predicted molar refractivity (Wildman–Crippen MR) is 76.3 cm³/mol. The van der Waals surface area contributed by atoms with Gasteiger partial charge in [0.25, 0.3) is 0 Å². The predicted octanol–water partition coefficient (Wildman–Crippen LogP) is 4.24. The lowest BCUT2D eigenvalue weighted by molar-refractivity contribution is 0.550. The third-order valence-corrected chi connectivity index (χ3v) is 2.94. The summed E-state index contributed by atoms with van der Waals surface area (Å²) < 4.78 is 32.9. The van der Waals surface area contributed by atoms with Gasteiger partial charge in [-0.25, -0.2) is 8.78 Å². The number of para-hydroxylation sites is 1. The zero-order valence-corrected chi connectivity index (χ0v) is 11.2. The highest BCUT2D eigenvalue weighted by molar-refractivity contribution is 5.64. The van der Waals surface area contributed by atoms with Crippen LogP contribution in [0.25, 0.3) is 11.5 Å². The average molecular weight is 297 g/mol. The SMILES string of the molecule is N#Cc1nc(-c2c(F)cccc2F)oc1Nc1ccccc1. The Labute approximate surface area is 124 Å². The molecule has 1 heterocycles. The van der Waals surface area contributed by atoms with Gasteiger partial charge in [-0.3, -0.25) is 0 Å². The van der Waals surface area contributed by atoms with Crippen LogP contribution in [0.2, 0.25) is 0 Å². The molecule has 22 heavy (non-hydrogen) atoms. The second kappa shape index (κ2) is 5.66. The smallest absolute Gasteiger partial charge is 0.236 e. The number of halogens is 2. The number of hydrogen-bond donors (Lipinski definition) is 1. The van der Waals surface area contributed by atoms with Crippen LogP contribution in [0, 0.1) is 23.0 Å². The number of nitrogens with zero attached hydrogens (tertiary/aromatic N) is 2. The molecule has 108 valence electrons. The van der Waals surface area contributed by atoms with E-state index < -0.39 is 17.2 Å². The fourth-order valence-electron chi connectivity index (χ4n) is 1.94. The summed E-state index contributed by atoms with van der Waals surface area (Å²) in [6, 6.07) is 14.2. The Morgan fingerprint density at radius 3 is 2.32 bits per heavy atom. The quantitative estimate of drug-likeness (QED) is 0.785. The lowest BCUT2D eigenvalue weighted by atomic mass is 10.2. The first-order valence-corrected chi connectivity index (χ1v) is 6.36. The Morgan fingerprint density at radius 1 is 1.00 bits per heavy atom. The molecule has 6 heteroatoms. The maximum Gasteiger partial charge on any atom is 0.236 e. The summed E-state index contributed by atoms with van der Waals surface area (Å²) in [6.07, 6.45) is 0. The third-order valence-electron chi connectivity index (χ3n) is 2.94. The second-order valence-corrected chi connectivity index (χ2v) is 4.40. The van der Waals surface area contributed by atoms with Crippen LogP contribution < -0.4 is 5.32 Å². The molecule has 0 unspecified atom stereocenters. The zero-order chi connectivity index (χ0) is 15.5. The number of oxazole rings is 1. The first-order chi connectivity index (χ1) is 10.7. The molecule has 0 radical (unpaired) electrons. The maximum atomic E-state index is 13.8. The fourth-order valence-corrected chi connectivity index (χ4v) is 1.94. The van der Waals surface area contributed by atoms with Gasteiger partial charge in [-0.2, -0.15) is 10.2 Å². The van der Waals surface area contributed by atoms with Gasteiger partial charge in [-0.1, -0.05) is 24.3 Å². The van der Waals surface area contributed by atoms with Crippen LogP contribution >= 0.6 is 0 Å². The Morgan fingerprint density at radius 2 is 1.68 bits per heavy atom. The van der Waals surface area contributed by atoms with Gasteiger partial charge in [-0.05, 0) is 24.3 Å². The van der Waals surface area contributed by atoms with E-state index in [-0.39, 0.29) is 17.5 Å². The zero-order valence-electron chi connectivity index (χ0n) is 11.2. The van der Waals surface area contributed by atoms with Crippen LogP contribution in [0.5, 0.6) is 0 Å². The Bertz CT molecular complexity index is 833. The van der Waals surface area contributed by atoms with E-state index in [0.717, 1.165) is 12.1 Å². The standard InChI is InChI=1S/C16H9F2N3O/c17-11-7-4-8-12(18)14(11)16-21-13(9-19)15(22-16)20-10-5-2-1-3-6-10/h1-8,20H. The maximum absolute atomic E-state index is 13.8. The lowest BCUT2D eigenvalue weighted by Crippen LogP contribution is -1.90. The highest BCUT2D eigenvalue weighted by Gasteiger charge is 2.20. The molecule has 3 rings (SSSR count). The van der Waals surface area contributed by atoms with Crippen LogP contribution in [-0.2, 0) is 0 Å². The van der Waals surface area contributed by atoms with E-state index in [1.165, 1.54) is 6.07 Å². The number of anilines is 2. The molecule has 0 aliphatic carbocycles. The van der Waals surface area contributed by atoms with Gasteiger partial charge in [0.1, 0.15) is 23.3 Å². The lowest BCUT2D eigenvalue weighted by Gasteiger charge is -2.02. The first kappa shape index (κ1) is 13.8. The van der Waals surface area contributed by atoms with E-state index in [1.807, 2.05) is 12.1 Å². The Balaban J connectivity index is 2.04. The van der Waals surface area contributed by atoms with Crippen molar-refractivity contribution in [3.63, 3.8) is 0 Å². The largest absolute Gasteiger partial charge is 0.419 e. The highest BCUT2D eigenvalue weighted by Crippen LogP contribution is 2.30. The molecule has 0 aliphatic heterocycles. The monoisotopic (exact) mass is 297 g/mol. The van der Waals surface area contributed by atoms with Crippen LogP contribution in [0.1, 0.15) is 5.69 Å². The minimum Gasteiger partial charge on any atom is -0.419 e. The number of hydrogen-bond acceptors (Lipinski definition) is 4. The van der Waals surface area contributed by atoms with Gasteiger partial charge in [0.15, 0.2) is 0 Å². The molecule has 0 atom stereocenters. The molecule has 3 aromatic rings. The molecule has 0 bridgehead atoms. The van der Waals surface area contributed by atoms with E-state index in [1.54, 1.807) is 24.3 Å². The summed E-state index contributed by atoms with van der Waals surface area (Å²) in [5.74, 6) is -1.87. The summed E-state index contributed by atoms with van der Waals surface area (Å²) in [4.78, 5) is 3.85. The van der Waals surface area contributed by atoms with Crippen molar-refractivity contribution < 1.29 is 13.2 Å². The molecule has 2 aromatic carbocycles. The van der Waals surface area contributed by atoms with Gasteiger partial charge in [-0.15, -0.1) is 0 Å². The van der Waals surface area contributed by atoms with E-state index in [0.29, 0.717) is 5.69 Å². The summed E-state index contributed by atoms with van der Waals surface area (Å²) in [6.45, 7) is 0. The molecular formula is C16H9F2N3O. The molecule has 0 fully saturated rings. The Kier molecular flexibility index (Phi) is 3.54. The fraction of sp³-hybridized carbons (Fsp3) is 0. The van der Waals surface area contributed by atoms with Crippen molar-refractivity contribution >= 4 is 11.6 Å². The minimum atomic E-state index is -0.808. The number of rotatable bonds is 3. The molecule has 0 saturated heterocycles. The number of nitrogens with one attached hydrogen (secondary N) is 1. The van der Waals surface area contributed by atoms with E-state index in [2.05, 4.69) is 10.3 Å². The Hall–Kier alpha value is -3.20. The van der Waals surface area contributed by atoms with Crippen LogP contribution in [0.15, 0.2) is 52.9 Å². The first-order valence-electron chi connectivity index (χ1n) is 6.36.